The highest BCUT2D eigenvalue weighted by Gasteiger charge is 2.40. The van der Waals surface area contributed by atoms with Gasteiger partial charge < -0.3 is 15.0 Å². The molecule has 1 aliphatic heterocycles. The first-order chi connectivity index (χ1) is 15.8. The maximum Gasteiger partial charge on any atom is 0.325 e. The first kappa shape index (κ1) is 21.3. The molecule has 0 aliphatic carbocycles. The van der Waals surface area contributed by atoms with Gasteiger partial charge in [0.25, 0.3) is 11.8 Å². The van der Waals surface area contributed by atoms with Gasteiger partial charge in [0.05, 0.1) is 27.2 Å². The number of amides is 2. The van der Waals surface area contributed by atoms with Crippen LogP contribution in [0.1, 0.15) is 21.8 Å². The summed E-state index contributed by atoms with van der Waals surface area (Å²) in [5, 5.41) is 3.47. The minimum atomic E-state index is -2.84. The summed E-state index contributed by atoms with van der Waals surface area (Å²) in [5.41, 5.74) is 2.11. The van der Waals surface area contributed by atoms with E-state index in [2.05, 4.69) is 10.3 Å². The Morgan fingerprint density at radius 3 is 2.76 bits per heavy atom. The number of benzene rings is 1. The number of nitrogens with one attached hydrogen (secondary N) is 1. The second kappa shape index (κ2) is 7.80. The first-order valence-corrected chi connectivity index (χ1v) is 11.1. The zero-order valence-electron chi connectivity index (χ0n) is 17.9. The highest BCUT2D eigenvalue weighted by atomic mass is 32.1. The molecule has 3 aromatic heterocycles. The number of aryl methyl sites for hydroxylation is 1. The molecular formula is C23H20F2N4O3S. The van der Waals surface area contributed by atoms with Gasteiger partial charge in [0.2, 0.25) is 0 Å². The van der Waals surface area contributed by atoms with E-state index in [9.17, 15) is 18.4 Å². The molecule has 5 rings (SSSR count). The van der Waals surface area contributed by atoms with Gasteiger partial charge in [-0.15, -0.1) is 11.3 Å². The number of alkyl halides is 2. The third-order valence-electron chi connectivity index (χ3n) is 5.65. The van der Waals surface area contributed by atoms with E-state index in [4.69, 9.17) is 4.74 Å². The molecule has 1 N–H and O–H groups in total. The number of ether oxygens (including phenoxy) is 1. The maximum absolute atomic E-state index is 13.5. The molecule has 4 heterocycles. The fraction of sp³-hybridized carbons (Fsp3) is 0.261. The Morgan fingerprint density at radius 1 is 1.21 bits per heavy atom. The van der Waals surface area contributed by atoms with E-state index in [1.165, 1.54) is 16.2 Å². The van der Waals surface area contributed by atoms with Crippen LogP contribution in [0, 0.1) is 6.92 Å². The Labute approximate surface area is 191 Å². The van der Waals surface area contributed by atoms with Crippen molar-refractivity contribution in [3.05, 3.63) is 53.2 Å². The maximum atomic E-state index is 13.5. The number of fused-ring (bicyclic) bond motifs is 2. The van der Waals surface area contributed by atoms with E-state index in [1.807, 2.05) is 25.1 Å². The number of likely N-dealkylation sites (tertiary alicyclic amines) is 1. The average molecular weight is 471 g/mol. The quantitative estimate of drug-likeness (QED) is 0.456. The molecule has 2 amide bonds. The van der Waals surface area contributed by atoms with Crippen LogP contribution in [0.4, 0.5) is 13.6 Å². The number of thiophene rings is 1. The Balaban J connectivity index is 1.45. The molecular weight excluding hydrogens is 450 g/mol. The van der Waals surface area contributed by atoms with E-state index >= 15 is 0 Å². The van der Waals surface area contributed by atoms with Crippen LogP contribution in [0.25, 0.3) is 21.1 Å². The van der Waals surface area contributed by atoms with Gasteiger partial charge in [-0.3, -0.25) is 14.3 Å². The number of hydrogen-bond donors (Lipinski definition) is 1. The summed E-state index contributed by atoms with van der Waals surface area (Å²) >= 11 is 1.17. The molecule has 0 radical (unpaired) electrons. The van der Waals surface area contributed by atoms with Gasteiger partial charge in [-0.05, 0) is 37.3 Å². The van der Waals surface area contributed by atoms with E-state index in [0.717, 1.165) is 16.6 Å². The monoisotopic (exact) mass is 470 g/mol. The van der Waals surface area contributed by atoms with Gasteiger partial charge in [-0.25, -0.2) is 13.6 Å². The Hall–Kier alpha value is -3.53. The van der Waals surface area contributed by atoms with Crippen LogP contribution >= 0.6 is 11.3 Å². The average Bonchev–Trinajstić information content (AvgIpc) is 3.46. The van der Waals surface area contributed by atoms with Crippen molar-refractivity contribution in [1.29, 1.82) is 0 Å². The molecule has 1 aliphatic rings. The van der Waals surface area contributed by atoms with Gasteiger partial charge >= 0.3 is 6.03 Å². The standard InChI is InChI=1S/C23H20F2N4O3S/c1-13-9-14-10-15(3-4-17(14)29(13)22(31)26-2)32-18-5-7-27-16-11-19(33-20(16)18)21(30)28-8-6-23(24,25)12-28/h3-5,7,9-11H,6,8,12H2,1-2H3,(H,26,31). The number of pyridine rings is 1. The Kier molecular flexibility index (Phi) is 5.04. The van der Waals surface area contributed by atoms with Gasteiger partial charge in [-0.1, -0.05) is 0 Å². The normalized spacial score (nSPS) is 15.3. The van der Waals surface area contributed by atoms with Crippen LogP contribution < -0.4 is 10.1 Å². The third-order valence-corrected chi connectivity index (χ3v) is 6.77. The van der Waals surface area contributed by atoms with Crippen molar-refractivity contribution < 1.29 is 23.1 Å². The first-order valence-electron chi connectivity index (χ1n) is 10.3. The van der Waals surface area contributed by atoms with Gasteiger partial charge in [-0.2, -0.15) is 0 Å². The zero-order chi connectivity index (χ0) is 23.3. The highest BCUT2D eigenvalue weighted by molar-refractivity contribution is 7.21. The topological polar surface area (TPSA) is 76.5 Å². The van der Waals surface area contributed by atoms with Crippen molar-refractivity contribution in [1.82, 2.24) is 19.8 Å². The molecule has 33 heavy (non-hydrogen) atoms. The van der Waals surface area contributed by atoms with Crippen molar-refractivity contribution in [3.8, 4) is 11.5 Å². The summed E-state index contributed by atoms with van der Waals surface area (Å²) in [6.45, 7) is 1.32. The van der Waals surface area contributed by atoms with Crippen LogP contribution in [0.15, 0.2) is 42.6 Å². The van der Waals surface area contributed by atoms with Crippen LogP contribution in [0.5, 0.6) is 11.5 Å². The minimum Gasteiger partial charge on any atom is -0.456 e. The zero-order valence-corrected chi connectivity index (χ0v) is 18.7. The van der Waals surface area contributed by atoms with Crippen molar-refractivity contribution in [2.24, 2.45) is 0 Å². The number of rotatable bonds is 3. The number of carbonyl (C=O) groups excluding carboxylic acids is 2. The van der Waals surface area contributed by atoms with Gasteiger partial charge in [0, 0.05) is 43.4 Å². The molecule has 0 saturated carbocycles. The molecule has 1 fully saturated rings. The molecule has 1 aromatic carbocycles. The lowest BCUT2D eigenvalue weighted by atomic mass is 10.2. The number of hydrogen-bond acceptors (Lipinski definition) is 5. The van der Waals surface area contributed by atoms with E-state index < -0.39 is 18.4 Å². The summed E-state index contributed by atoms with van der Waals surface area (Å²) in [4.78, 5) is 30.7. The predicted molar refractivity (Wildman–Crippen MR) is 122 cm³/mol. The molecule has 170 valence electrons. The van der Waals surface area contributed by atoms with Crippen molar-refractivity contribution in [2.75, 3.05) is 20.1 Å². The molecule has 0 spiro atoms. The van der Waals surface area contributed by atoms with E-state index in [0.29, 0.717) is 26.6 Å². The lowest BCUT2D eigenvalue weighted by molar-refractivity contribution is 0.0121. The number of carbonyl (C=O) groups is 2. The predicted octanol–water partition coefficient (Wildman–Crippen LogP) is 5.02. The smallest absolute Gasteiger partial charge is 0.325 e. The van der Waals surface area contributed by atoms with Crippen molar-refractivity contribution in [2.45, 2.75) is 19.3 Å². The Morgan fingerprint density at radius 2 is 2.03 bits per heavy atom. The Bertz CT molecular complexity index is 1410. The van der Waals surface area contributed by atoms with Crippen molar-refractivity contribution in [3.63, 3.8) is 0 Å². The minimum absolute atomic E-state index is 0.0337. The molecule has 10 heteroatoms. The van der Waals surface area contributed by atoms with Crippen molar-refractivity contribution >= 4 is 44.4 Å². The third kappa shape index (κ3) is 3.80. The summed E-state index contributed by atoms with van der Waals surface area (Å²) in [6, 6.07) is 10.4. The number of nitrogens with zero attached hydrogens (tertiary/aromatic N) is 3. The molecule has 0 atom stereocenters. The fourth-order valence-corrected chi connectivity index (χ4v) is 5.10. The van der Waals surface area contributed by atoms with Gasteiger partial charge in [0.15, 0.2) is 0 Å². The largest absolute Gasteiger partial charge is 0.456 e. The number of halogens is 2. The van der Waals surface area contributed by atoms with E-state index in [1.54, 1.807) is 36.0 Å². The lowest BCUT2D eigenvalue weighted by Gasteiger charge is -2.14. The SMILES string of the molecule is CNC(=O)n1c(C)cc2cc(Oc3ccnc4cc(C(=O)N5CCC(F)(F)C5)sc34)ccc21. The number of aromatic nitrogens is 2. The summed E-state index contributed by atoms with van der Waals surface area (Å²) in [5.74, 6) is -2.19. The van der Waals surface area contributed by atoms with Crippen LogP contribution in [-0.2, 0) is 0 Å². The molecule has 0 bridgehead atoms. The summed E-state index contributed by atoms with van der Waals surface area (Å²) in [6.07, 6.45) is 1.26. The van der Waals surface area contributed by atoms with Gasteiger partial charge in [0.1, 0.15) is 11.5 Å². The van der Waals surface area contributed by atoms with E-state index in [-0.39, 0.29) is 19.0 Å². The van der Waals surface area contributed by atoms with Crippen LogP contribution in [0.3, 0.4) is 0 Å². The van der Waals surface area contributed by atoms with Crippen LogP contribution in [-0.4, -0.2) is 52.4 Å². The second-order valence-corrected chi connectivity index (χ2v) is 9.02. The molecule has 7 nitrogen and oxygen atoms in total. The summed E-state index contributed by atoms with van der Waals surface area (Å²) in [7, 11) is 1.58. The van der Waals surface area contributed by atoms with Crippen LogP contribution in [0.2, 0.25) is 0 Å². The summed E-state index contributed by atoms with van der Waals surface area (Å²) < 4.78 is 35.4. The highest BCUT2D eigenvalue weighted by Crippen LogP contribution is 2.37. The molecule has 0 unspecified atom stereocenters. The fourth-order valence-electron chi connectivity index (χ4n) is 4.07. The molecule has 1 saturated heterocycles. The second-order valence-electron chi connectivity index (χ2n) is 7.97. The molecule has 4 aromatic rings. The lowest BCUT2D eigenvalue weighted by Crippen LogP contribution is -2.30.